The van der Waals surface area contributed by atoms with Crippen molar-refractivity contribution < 1.29 is 18.0 Å². The fourth-order valence-electron chi connectivity index (χ4n) is 3.37. The lowest BCUT2D eigenvalue weighted by Gasteiger charge is -2.10. The number of benzene rings is 1. The number of carbonyl (C=O) groups excluding carboxylic acids is 1. The number of aryl methyl sites for hydroxylation is 3. The second kappa shape index (κ2) is 8.23. The van der Waals surface area contributed by atoms with Crippen LogP contribution >= 0.6 is 11.3 Å². The number of alkyl halides is 3. The third-order valence-electron chi connectivity index (χ3n) is 5.11. The van der Waals surface area contributed by atoms with Crippen LogP contribution in [0.25, 0.3) is 21.3 Å². The monoisotopic (exact) mass is 461 g/mol. The van der Waals surface area contributed by atoms with Crippen molar-refractivity contribution in [3.8, 4) is 11.1 Å². The Hall–Kier alpha value is -3.47. The summed E-state index contributed by atoms with van der Waals surface area (Å²) in [5, 5.41) is 8.59. The summed E-state index contributed by atoms with van der Waals surface area (Å²) < 4.78 is 41.6. The number of H-pyrrole nitrogens is 1. The normalized spacial score (nSPS) is 11.8. The molecule has 0 bridgehead atoms. The summed E-state index contributed by atoms with van der Waals surface area (Å²) in [6.45, 7) is 3.77. The highest BCUT2D eigenvalue weighted by molar-refractivity contribution is 7.18. The summed E-state index contributed by atoms with van der Waals surface area (Å²) in [6, 6.07) is 7.87. The number of aromatic nitrogens is 4. The number of fused-ring (bicyclic) bond motifs is 1. The van der Waals surface area contributed by atoms with E-state index in [2.05, 4.69) is 15.4 Å². The number of aromatic amines is 1. The van der Waals surface area contributed by atoms with Gasteiger partial charge in [-0.1, -0.05) is 30.3 Å². The van der Waals surface area contributed by atoms with Gasteiger partial charge in [-0.2, -0.15) is 18.3 Å². The Bertz CT molecular complexity index is 1360. The summed E-state index contributed by atoms with van der Waals surface area (Å²) in [5.74, 6) is -0.800. The number of rotatable bonds is 5. The van der Waals surface area contributed by atoms with E-state index in [-0.39, 0.29) is 35.5 Å². The van der Waals surface area contributed by atoms with Crippen molar-refractivity contribution in [2.45, 2.75) is 33.0 Å². The number of amides is 1. The lowest BCUT2D eigenvalue weighted by Crippen LogP contribution is -2.23. The van der Waals surface area contributed by atoms with Gasteiger partial charge in [-0.25, -0.2) is 4.98 Å². The van der Waals surface area contributed by atoms with Gasteiger partial charge in [0.25, 0.3) is 5.56 Å². The highest BCUT2D eigenvalue weighted by Gasteiger charge is 2.38. The predicted octanol–water partition coefficient (Wildman–Crippen LogP) is 4.51. The zero-order valence-corrected chi connectivity index (χ0v) is 17.9. The Balaban J connectivity index is 1.56. The first kappa shape index (κ1) is 21.8. The van der Waals surface area contributed by atoms with Gasteiger partial charge < -0.3 is 5.32 Å². The summed E-state index contributed by atoms with van der Waals surface area (Å²) >= 11 is 1.42. The van der Waals surface area contributed by atoms with Crippen LogP contribution in [0.4, 0.5) is 19.0 Å². The van der Waals surface area contributed by atoms with Crippen molar-refractivity contribution in [2.75, 3.05) is 5.32 Å². The quantitative estimate of drug-likeness (QED) is 0.457. The van der Waals surface area contributed by atoms with Gasteiger partial charge in [-0.3, -0.25) is 19.3 Å². The molecule has 0 radical (unpaired) electrons. The molecule has 2 N–H and O–H groups in total. The number of nitrogens with zero attached hydrogens (tertiary/aromatic N) is 3. The van der Waals surface area contributed by atoms with E-state index in [1.165, 1.54) is 34.4 Å². The van der Waals surface area contributed by atoms with Gasteiger partial charge in [0, 0.05) is 17.8 Å². The van der Waals surface area contributed by atoms with Gasteiger partial charge in [-0.05, 0) is 25.0 Å². The van der Waals surface area contributed by atoms with Gasteiger partial charge in [0.15, 0.2) is 5.82 Å². The number of anilines is 1. The van der Waals surface area contributed by atoms with Crippen molar-refractivity contribution in [1.29, 1.82) is 0 Å². The Labute approximate surface area is 183 Å². The number of thiophene rings is 1. The van der Waals surface area contributed by atoms with E-state index in [1.54, 1.807) is 18.2 Å². The van der Waals surface area contributed by atoms with Crippen molar-refractivity contribution in [3.63, 3.8) is 0 Å². The molecule has 0 aliphatic carbocycles. The Morgan fingerprint density at radius 1 is 1.22 bits per heavy atom. The van der Waals surface area contributed by atoms with Gasteiger partial charge in [0.2, 0.25) is 5.91 Å². The molecule has 11 heteroatoms. The molecule has 0 saturated carbocycles. The van der Waals surface area contributed by atoms with Gasteiger partial charge in [-0.15, -0.1) is 11.3 Å². The molecule has 4 rings (SSSR count). The fourth-order valence-corrected chi connectivity index (χ4v) is 4.36. The average molecular weight is 461 g/mol. The van der Waals surface area contributed by atoms with Gasteiger partial charge in [0.05, 0.1) is 17.3 Å². The minimum absolute atomic E-state index is 0.0269. The second-order valence-corrected chi connectivity index (χ2v) is 8.39. The SMILES string of the molecule is Cc1sc2ncn(CCC(=O)Nc3n[nH]c(C(F)(F)F)c3-c3ccccc3)c(=O)c2c1C. The maximum Gasteiger partial charge on any atom is 0.433 e. The zero-order chi connectivity index (χ0) is 23.0. The third-order valence-corrected chi connectivity index (χ3v) is 6.22. The van der Waals surface area contributed by atoms with Crippen LogP contribution in [0.2, 0.25) is 0 Å². The Morgan fingerprint density at radius 3 is 2.62 bits per heavy atom. The molecule has 4 aromatic rings. The third kappa shape index (κ3) is 4.03. The molecule has 166 valence electrons. The van der Waals surface area contributed by atoms with Crippen LogP contribution in [-0.2, 0) is 17.5 Å². The molecule has 0 fully saturated rings. The van der Waals surface area contributed by atoms with E-state index in [1.807, 2.05) is 18.9 Å². The molecule has 0 spiro atoms. The lowest BCUT2D eigenvalue weighted by molar-refractivity contribution is -0.140. The molecule has 0 unspecified atom stereocenters. The summed E-state index contributed by atoms with van der Waals surface area (Å²) in [6.07, 6.45) is -3.44. The molecular formula is C21H18F3N5O2S. The highest BCUT2D eigenvalue weighted by atomic mass is 32.1. The Kier molecular flexibility index (Phi) is 5.59. The highest BCUT2D eigenvalue weighted by Crippen LogP contribution is 2.39. The number of hydrogen-bond acceptors (Lipinski definition) is 5. The fraction of sp³-hybridized carbons (Fsp3) is 0.238. The summed E-state index contributed by atoms with van der Waals surface area (Å²) in [7, 11) is 0. The standard InChI is InChI=1S/C21H18F3N5O2S/c1-11-12(2)32-19-15(11)20(31)29(10-25-19)9-8-14(30)26-18-16(13-6-4-3-5-7-13)17(27-28-18)21(22,23)24/h3-7,10H,8-9H2,1-2H3,(H2,26,27,28,30). The van der Waals surface area contributed by atoms with Gasteiger partial charge >= 0.3 is 6.18 Å². The molecule has 0 atom stereocenters. The van der Waals surface area contributed by atoms with E-state index >= 15 is 0 Å². The molecule has 1 aromatic carbocycles. The average Bonchev–Trinajstić information content (AvgIpc) is 3.29. The number of hydrogen-bond donors (Lipinski definition) is 2. The van der Waals surface area contributed by atoms with Crippen LogP contribution < -0.4 is 10.9 Å². The summed E-state index contributed by atoms with van der Waals surface area (Å²) in [5.41, 5.74) is -0.430. The first-order valence-electron chi connectivity index (χ1n) is 9.62. The largest absolute Gasteiger partial charge is 0.433 e. The summed E-state index contributed by atoms with van der Waals surface area (Å²) in [4.78, 5) is 31.1. The van der Waals surface area contributed by atoms with Crippen molar-refractivity contribution in [2.24, 2.45) is 0 Å². The lowest BCUT2D eigenvalue weighted by atomic mass is 10.1. The molecule has 0 aliphatic rings. The molecular weight excluding hydrogens is 443 g/mol. The maximum atomic E-state index is 13.4. The van der Waals surface area contributed by atoms with Crippen molar-refractivity contribution in [3.05, 3.63) is 63.1 Å². The zero-order valence-electron chi connectivity index (χ0n) is 17.1. The van der Waals surface area contributed by atoms with E-state index < -0.39 is 17.8 Å². The molecule has 3 heterocycles. The smallest absolute Gasteiger partial charge is 0.309 e. The molecule has 7 nitrogen and oxygen atoms in total. The molecule has 1 amide bonds. The van der Waals surface area contributed by atoms with Crippen LogP contribution in [0.3, 0.4) is 0 Å². The van der Waals surface area contributed by atoms with Crippen molar-refractivity contribution >= 4 is 33.3 Å². The van der Waals surface area contributed by atoms with E-state index in [9.17, 15) is 22.8 Å². The van der Waals surface area contributed by atoms with E-state index in [0.717, 1.165) is 10.4 Å². The minimum Gasteiger partial charge on any atom is -0.309 e. The van der Waals surface area contributed by atoms with Crippen LogP contribution in [0.5, 0.6) is 0 Å². The van der Waals surface area contributed by atoms with Crippen LogP contribution in [0, 0.1) is 13.8 Å². The van der Waals surface area contributed by atoms with Crippen LogP contribution in [0.15, 0.2) is 41.5 Å². The van der Waals surface area contributed by atoms with Crippen molar-refractivity contribution in [1.82, 2.24) is 19.7 Å². The maximum absolute atomic E-state index is 13.4. The van der Waals surface area contributed by atoms with E-state index in [0.29, 0.717) is 10.2 Å². The number of carbonyl (C=O) groups is 1. The predicted molar refractivity (Wildman–Crippen MR) is 116 cm³/mol. The minimum atomic E-state index is -4.67. The number of halogens is 3. The number of nitrogens with one attached hydrogen (secondary N) is 2. The molecule has 3 aromatic heterocycles. The first-order chi connectivity index (χ1) is 15.2. The molecule has 32 heavy (non-hydrogen) atoms. The molecule has 0 aliphatic heterocycles. The van der Waals surface area contributed by atoms with Crippen LogP contribution in [-0.4, -0.2) is 25.7 Å². The topological polar surface area (TPSA) is 92.7 Å². The molecule has 0 saturated heterocycles. The van der Waals surface area contributed by atoms with Gasteiger partial charge in [0.1, 0.15) is 10.5 Å². The van der Waals surface area contributed by atoms with E-state index in [4.69, 9.17) is 0 Å². The van der Waals surface area contributed by atoms with Crippen LogP contribution in [0.1, 0.15) is 22.6 Å². The first-order valence-corrected chi connectivity index (χ1v) is 10.4. The Morgan fingerprint density at radius 2 is 1.94 bits per heavy atom. The second-order valence-electron chi connectivity index (χ2n) is 7.19.